The van der Waals surface area contributed by atoms with E-state index in [9.17, 15) is 0 Å². The fourth-order valence-corrected chi connectivity index (χ4v) is 2.67. The maximum Gasteiger partial charge on any atom is 0.123 e. The first-order chi connectivity index (χ1) is 9.78. The molecule has 0 radical (unpaired) electrons. The molecule has 3 heteroatoms. The number of methoxy groups -OCH3 is 1. The zero-order valence-corrected chi connectivity index (χ0v) is 13.1. The summed E-state index contributed by atoms with van der Waals surface area (Å²) in [6, 6.07) is 7.37. The lowest BCUT2D eigenvalue weighted by Gasteiger charge is -2.23. The quantitative estimate of drug-likeness (QED) is 0.749. The number of hydrogen-bond acceptors (Lipinski definition) is 3. The van der Waals surface area contributed by atoms with Crippen molar-refractivity contribution in [2.24, 2.45) is 0 Å². The van der Waals surface area contributed by atoms with Gasteiger partial charge in [0, 0.05) is 24.7 Å². The third-order valence-corrected chi connectivity index (χ3v) is 3.87. The second kappa shape index (κ2) is 7.65. The molecule has 3 nitrogen and oxygen atoms in total. The molecule has 0 amide bonds. The van der Waals surface area contributed by atoms with E-state index in [1.54, 1.807) is 7.11 Å². The van der Waals surface area contributed by atoms with Crippen molar-refractivity contribution in [3.05, 3.63) is 29.3 Å². The van der Waals surface area contributed by atoms with Crippen molar-refractivity contribution in [1.82, 2.24) is 10.2 Å². The van der Waals surface area contributed by atoms with E-state index in [0.717, 1.165) is 31.4 Å². The van der Waals surface area contributed by atoms with Gasteiger partial charge in [-0.2, -0.15) is 0 Å². The zero-order chi connectivity index (χ0) is 14.4. The van der Waals surface area contributed by atoms with Gasteiger partial charge in [0.1, 0.15) is 5.75 Å². The van der Waals surface area contributed by atoms with E-state index in [0.29, 0.717) is 0 Å². The lowest BCUT2D eigenvalue weighted by Crippen LogP contribution is -2.26. The van der Waals surface area contributed by atoms with Gasteiger partial charge in [0.25, 0.3) is 0 Å². The van der Waals surface area contributed by atoms with Crippen LogP contribution in [0.5, 0.6) is 5.75 Å². The minimum atomic E-state index is 0.803. The summed E-state index contributed by atoms with van der Waals surface area (Å²) >= 11 is 0. The highest BCUT2D eigenvalue weighted by atomic mass is 16.5. The Morgan fingerprint density at radius 3 is 2.70 bits per heavy atom. The van der Waals surface area contributed by atoms with Crippen molar-refractivity contribution in [3.8, 4) is 5.75 Å². The molecule has 112 valence electrons. The molecule has 0 aromatic heterocycles. The zero-order valence-electron chi connectivity index (χ0n) is 13.1. The molecule has 0 unspecified atom stereocenters. The maximum atomic E-state index is 5.54. The number of nitrogens with one attached hydrogen (secondary N) is 1. The molecule has 0 bridgehead atoms. The Bertz CT molecular complexity index is 415. The lowest BCUT2D eigenvalue weighted by atomic mass is 10.1. The highest BCUT2D eigenvalue weighted by Crippen LogP contribution is 2.30. The van der Waals surface area contributed by atoms with E-state index < -0.39 is 0 Å². The molecule has 1 aromatic rings. The summed E-state index contributed by atoms with van der Waals surface area (Å²) in [5.41, 5.74) is 2.66. The summed E-state index contributed by atoms with van der Waals surface area (Å²) in [4.78, 5) is 2.61. The van der Waals surface area contributed by atoms with Gasteiger partial charge in [0.2, 0.25) is 0 Å². The van der Waals surface area contributed by atoms with Crippen LogP contribution in [0, 0.1) is 0 Å². The SMILES string of the molecule is CCCN(Cc1cc(CNCC)ccc1OC)C1CC1. The van der Waals surface area contributed by atoms with Crippen LogP contribution < -0.4 is 10.1 Å². The summed E-state index contributed by atoms with van der Waals surface area (Å²) < 4.78 is 5.54. The van der Waals surface area contributed by atoms with E-state index >= 15 is 0 Å². The van der Waals surface area contributed by atoms with E-state index in [-0.39, 0.29) is 0 Å². The largest absolute Gasteiger partial charge is 0.496 e. The molecule has 0 aliphatic heterocycles. The normalized spacial score (nSPS) is 14.8. The molecule has 20 heavy (non-hydrogen) atoms. The molecule has 0 atom stereocenters. The first-order valence-electron chi connectivity index (χ1n) is 7.89. The van der Waals surface area contributed by atoms with Gasteiger partial charge in [-0.3, -0.25) is 4.90 Å². The van der Waals surface area contributed by atoms with Gasteiger partial charge in [-0.05, 0) is 50.0 Å². The monoisotopic (exact) mass is 276 g/mol. The number of ether oxygens (including phenoxy) is 1. The van der Waals surface area contributed by atoms with Crippen molar-refractivity contribution < 1.29 is 4.74 Å². The van der Waals surface area contributed by atoms with Gasteiger partial charge >= 0.3 is 0 Å². The number of benzene rings is 1. The Morgan fingerprint density at radius 2 is 2.10 bits per heavy atom. The van der Waals surface area contributed by atoms with Crippen LogP contribution in [0.25, 0.3) is 0 Å². The van der Waals surface area contributed by atoms with Gasteiger partial charge in [-0.15, -0.1) is 0 Å². The van der Waals surface area contributed by atoms with Crippen LogP contribution in [-0.2, 0) is 13.1 Å². The first-order valence-corrected chi connectivity index (χ1v) is 7.89. The Morgan fingerprint density at radius 1 is 1.30 bits per heavy atom. The van der Waals surface area contributed by atoms with E-state index in [1.165, 1.54) is 36.9 Å². The van der Waals surface area contributed by atoms with Crippen molar-refractivity contribution in [1.29, 1.82) is 0 Å². The topological polar surface area (TPSA) is 24.5 Å². The molecule has 1 saturated carbocycles. The molecule has 1 N–H and O–H groups in total. The van der Waals surface area contributed by atoms with Crippen molar-refractivity contribution in [3.63, 3.8) is 0 Å². The smallest absolute Gasteiger partial charge is 0.123 e. The van der Waals surface area contributed by atoms with Crippen LogP contribution in [0.2, 0.25) is 0 Å². The molecule has 1 aromatic carbocycles. The van der Waals surface area contributed by atoms with Crippen LogP contribution in [-0.4, -0.2) is 31.1 Å². The fourth-order valence-electron chi connectivity index (χ4n) is 2.67. The molecule has 0 saturated heterocycles. The molecule has 1 fully saturated rings. The average Bonchev–Trinajstić information content (AvgIpc) is 3.29. The van der Waals surface area contributed by atoms with Gasteiger partial charge in [0.05, 0.1) is 7.11 Å². The van der Waals surface area contributed by atoms with Crippen LogP contribution in [0.15, 0.2) is 18.2 Å². The minimum Gasteiger partial charge on any atom is -0.496 e. The van der Waals surface area contributed by atoms with Gasteiger partial charge in [-0.1, -0.05) is 19.9 Å². The van der Waals surface area contributed by atoms with E-state index in [1.807, 2.05) is 0 Å². The highest BCUT2D eigenvalue weighted by molar-refractivity contribution is 5.37. The molecule has 0 spiro atoms. The third kappa shape index (κ3) is 4.22. The molecule has 2 rings (SSSR count). The molecular formula is C17H28N2O. The summed E-state index contributed by atoms with van der Waals surface area (Å²) in [5.74, 6) is 1.02. The van der Waals surface area contributed by atoms with Crippen molar-refractivity contribution >= 4 is 0 Å². The predicted octanol–water partition coefficient (Wildman–Crippen LogP) is 3.18. The van der Waals surface area contributed by atoms with Crippen molar-refractivity contribution in [2.45, 2.75) is 52.2 Å². The maximum absolute atomic E-state index is 5.54. The number of hydrogen-bond donors (Lipinski definition) is 1. The third-order valence-electron chi connectivity index (χ3n) is 3.87. The summed E-state index contributed by atoms with van der Waals surface area (Å²) in [6.07, 6.45) is 3.94. The predicted molar refractivity (Wildman–Crippen MR) is 84.1 cm³/mol. The highest BCUT2D eigenvalue weighted by Gasteiger charge is 2.28. The van der Waals surface area contributed by atoms with Gasteiger partial charge in [-0.25, -0.2) is 0 Å². The summed E-state index contributed by atoms with van der Waals surface area (Å²) in [7, 11) is 1.77. The fraction of sp³-hybridized carbons (Fsp3) is 0.647. The lowest BCUT2D eigenvalue weighted by molar-refractivity contribution is 0.251. The Balaban J connectivity index is 2.09. The number of rotatable bonds is 9. The first kappa shape index (κ1) is 15.3. The average molecular weight is 276 g/mol. The second-order valence-corrected chi connectivity index (χ2v) is 5.63. The van der Waals surface area contributed by atoms with E-state index in [4.69, 9.17) is 4.74 Å². The van der Waals surface area contributed by atoms with Crippen LogP contribution in [0.4, 0.5) is 0 Å². The molecule has 0 heterocycles. The molecular weight excluding hydrogens is 248 g/mol. The Hall–Kier alpha value is -1.06. The Labute approximate surface area is 123 Å². The number of nitrogens with zero attached hydrogens (tertiary/aromatic N) is 1. The standard InChI is InChI=1S/C17H28N2O/c1-4-10-19(16-7-8-16)13-15-11-14(12-18-5-2)6-9-17(15)20-3/h6,9,11,16,18H,4-5,7-8,10,12-13H2,1-3H3. The second-order valence-electron chi connectivity index (χ2n) is 5.63. The Kier molecular flexibility index (Phi) is 5.86. The minimum absolute atomic E-state index is 0.803. The van der Waals surface area contributed by atoms with Crippen LogP contribution in [0.1, 0.15) is 44.2 Å². The van der Waals surface area contributed by atoms with Crippen molar-refractivity contribution in [2.75, 3.05) is 20.2 Å². The summed E-state index contributed by atoms with van der Waals surface area (Å²) in [6.45, 7) is 8.54. The molecule has 1 aliphatic rings. The van der Waals surface area contributed by atoms with Gasteiger partial charge in [0.15, 0.2) is 0 Å². The van der Waals surface area contributed by atoms with Crippen LogP contribution in [0.3, 0.4) is 0 Å². The molecule has 1 aliphatic carbocycles. The van der Waals surface area contributed by atoms with Crippen LogP contribution >= 0.6 is 0 Å². The van der Waals surface area contributed by atoms with E-state index in [2.05, 4.69) is 42.3 Å². The van der Waals surface area contributed by atoms with Gasteiger partial charge < -0.3 is 10.1 Å². The summed E-state index contributed by atoms with van der Waals surface area (Å²) in [5, 5.41) is 3.39.